The minimum absolute atomic E-state index is 0.0628. The number of pyridine rings is 1. The van der Waals surface area contributed by atoms with Crippen molar-refractivity contribution in [3.05, 3.63) is 24.5 Å². The lowest BCUT2D eigenvalue weighted by Gasteiger charge is -2.39. The first-order valence-corrected chi connectivity index (χ1v) is 7.88. The highest BCUT2D eigenvalue weighted by atomic mass is 19.4. The first-order chi connectivity index (χ1) is 11.3. The number of aromatic nitrogens is 1. The summed E-state index contributed by atoms with van der Waals surface area (Å²) in [6.07, 6.45) is -1.12. The molecule has 5 nitrogen and oxygen atoms in total. The Bertz CT molecular complexity index is 531. The van der Waals surface area contributed by atoms with Crippen LogP contribution in [0.1, 0.15) is 19.8 Å². The van der Waals surface area contributed by atoms with Crippen molar-refractivity contribution in [3.8, 4) is 0 Å². The van der Waals surface area contributed by atoms with Crippen LogP contribution in [0.2, 0.25) is 0 Å². The van der Waals surface area contributed by atoms with Crippen molar-refractivity contribution in [3.63, 3.8) is 0 Å². The largest absolute Gasteiger partial charge is 0.471 e. The fraction of sp³-hybridized carbons (Fsp3) is 0.625. The van der Waals surface area contributed by atoms with Crippen molar-refractivity contribution in [2.24, 2.45) is 0 Å². The van der Waals surface area contributed by atoms with Gasteiger partial charge in [-0.3, -0.25) is 14.7 Å². The molecule has 1 amide bonds. The zero-order valence-corrected chi connectivity index (χ0v) is 13.8. The van der Waals surface area contributed by atoms with E-state index in [9.17, 15) is 18.0 Å². The summed E-state index contributed by atoms with van der Waals surface area (Å²) < 4.78 is 44.2. The smallest absolute Gasteiger partial charge is 0.380 e. The molecule has 8 heteroatoms. The van der Waals surface area contributed by atoms with E-state index in [1.54, 1.807) is 7.11 Å². The van der Waals surface area contributed by atoms with Crippen molar-refractivity contribution in [1.82, 2.24) is 9.88 Å². The molecule has 0 N–H and O–H groups in total. The number of amides is 1. The van der Waals surface area contributed by atoms with E-state index in [1.165, 1.54) is 24.5 Å². The van der Waals surface area contributed by atoms with E-state index >= 15 is 0 Å². The number of ether oxygens (including phenoxy) is 1. The molecule has 1 saturated heterocycles. The quantitative estimate of drug-likeness (QED) is 0.823. The van der Waals surface area contributed by atoms with E-state index in [1.807, 2.05) is 6.92 Å². The summed E-state index contributed by atoms with van der Waals surface area (Å²) in [6, 6.07) is 2.52. The monoisotopic (exact) mass is 345 g/mol. The molecular formula is C16H22F3N3O2. The van der Waals surface area contributed by atoms with Gasteiger partial charge >= 0.3 is 12.1 Å². The van der Waals surface area contributed by atoms with E-state index in [0.29, 0.717) is 25.9 Å². The van der Waals surface area contributed by atoms with Gasteiger partial charge in [0.2, 0.25) is 0 Å². The molecule has 1 unspecified atom stereocenters. The number of nitrogens with zero attached hydrogens (tertiary/aromatic N) is 3. The van der Waals surface area contributed by atoms with Gasteiger partial charge in [-0.1, -0.05) is 0 Å². The van der Waals surface area contributed by atoms with Crippen molar-refractivity contribution >= 4 is 11.6 Å². The lowest BCUT2D eigenvalue weighted by molar-refractivity contribution is -0.171. The summed E-state index contributed by atoms with van der Waals surface area (Å²) in [5, 5.41) is 0. The van der Waals surface area contributed by atoms with Crippen molar-refractivity contribution in [2.45, 2.75) is 38.1 Å². The fourth-order valence-corrected chi connectivity index (χ4v) is 2.92. The SMILES string of the molecule is COC(C)CN1CCC(N(C(=O)C(F)(F)F)c2cccnc2)CC1. The highest BCUT2D eigenvalue weighted by Gasteiger charge is 2.45. The van der Waals surface area contributed by atoms with Gasteiger partial charge in [-0.2, -0.15) is 13.2 Å². The summed E-state index contributed by atoms with van der Waals surface area (Å²) in [7, 11) is 1.63. The van der Waals surface area contributed by atoms with Gasteiger partial charge in [-0.25, -0.2) is 0 Å². The predicted octanol–water partition coefficient (Wildman–Crippen LogP) is 2.48. The maximum Gasteiger partial charge on any atom is 0.471 e. The number of hydrogen-bond donors (Lipinski definition) is 0. The summed E-state index contributed by atoms with van der Waals surface area (Å²) in [5.74, 6) is -1.83. The molecule has 0 spiro atoms. The van der Waals surface area contributed by atoms with E-state index in [0.717, 1.165) is 11.4 Å². The number of carbonyl (C=O) groups is 1. The number of anilines is 1. The van der Waals surface area contributed by atoms with Gasteiger partial charge in [0.1, 0.15) is 0 Å². The molecular weight excluding hydrogens is 323 g/mol. The van der Waals surface area contributed by atoms with Crippen molar-refractivity contribution in [1.29, 1.82) is 0 Å². The lowest BCUT2D eigenvalue weighted by Crippen LogP contribution is -2.52. The second kappa shape index (κ2) is 7.94. The van der Waals surface area contributed by atoms with Gasteiger partial charge in [0.05, 0.1) is 18.0 Å². The van der Waals surface area contributed by atoms with Crippen LogP contribution in [-0.4, -0.2) is 60.9 Å². The summed E-state index contributed by atoms with van der Waals surface area (Å²) >= 11 is 0. The third-order valence-electron chi connectivity index (χ3n) is 4.23. The number of likely N-dealkylation sites (tertiary alicyclic amines) is 1. The number of halogens is 3. The average molecular weight is 345 g/mol. The van der Waals surface area contributed by atoms with Crippen LogP contribution in [0.3, 0.4) is 0 Å². The van der Waals surface area contributed by atoms with Gasteiger partial charge in [0.25, 0.3) is 0 Å². The summed E-state index contributed by atoms with van der Waals surface area (Å²) in [5.41, 5.74) is 0.184. The molecule has 1 aromatic heterocycles. The van der Waals surface area contributed by atoms with E-state index in [4.69, 9.17) is 4.74 Å². The maximum absolute atomic E-state index is 13.0. The van der Waals surface area contributed by atoms with Gasteiger partial charge in [-0.05, 0) is 31.9 Å². The highest BCUT2D eigenvalue weighted by Crippen LogP contribution is 2.29. The third kappa shape index (κ3) is 4.67. The topological polar surface area (TPSA) is 45.7 Å². The van der Waals surface area contributed by atoms with Crippen LogP contribution in [0.15, 0.2) is 24.5 Å². The molecule has 24 heavy (non-hydrogen) atoms. The molecule has 0 aliphatic carbocycles. The normalized spacial score (nSPS) is 18.4. The molecule has 1 aromatic rings. The molecule has 0 saturated carbocycles. The van der Waals surface area contributed by atoms with Gasteiger partial charge in [0, 0.05) is 39.0 Å². The number of methoxy groups -OCH3 is 1. The minimum Gasteiger partial charge on any atom is -0.380 e. The van der Waals surface area contributed by atoms with Crippen LogP contribution in [0, 0.1) is 0 Å². The van der Waals surface area contributed by atoms with Crippen molar-refractivity contribution in [2.75, 3.05) is 31.6 Å². The molecule has 1 aliphatic heterocycles. The maximum atomic E-state index is 13.0. The Labute approximate surface area is 139 Å². The molecule has 0 radical (unpaired) electrons. The highest BCUT2D eigenvalue weighted by molar-refractivity contribution is 5.97. The van der Waals surface area contributed by atoms with Gasteiger partial charge in [0.15, 0.2) is 0 Å². The van der Waals surface area contributed by atoms with E-state index in [-0.39, 0.29) is 11.8 Å². The standard InChI is InChI=1S/C16H22F3N3O2/c1-12(24-2)11-21-8-5-13(6-9-21)22(15(23)16(17,18)19)14-4-3-7-20-10-14/h3-4,7,10,12-13H,5-6,8-9,11H2,1-2H3. The number of alkyl halides is 3. The molecule has 0 aromatic carbocycles. The minimum atomic E-state index is -4.91. The Kier molecular flexibility index (Phi) is 6.17. The van der Waals surface area contributed by atoms with Crippen LogP contribution in [0.5, 0.6) is 0 Å². The van der Waals surface area contributed by atoms with Gasteiger partial charge < -0.3 is 9.64 Å². The van der Waals surface area contributed by atoms with Crippen LogP contribution in [0.25, 0.3) is 0 Å². The Hall–Kier alpha value is -1.67. The van der Waals surface area contributed by atoms with Crippen LogP contribution in [-0.2, 0) is 9.53 Å². The summed E-state index contributed by atoms with van der Waals surface area (Å²) in [6.45, 7) is 3.92. The number of piperidine rings is 1. The Morgan fingerprint density at radius 3 is 2.62 bits per heavy atom. The molecule has 1 aliphatic rings. The van der Waals surface area contributed by atoms with E-state index < -0.39 is 18.1 Å². The Balaban J connectivity index is 2.11. The predicted molar refractivity (Wildman–Crippen MR) is 83.7 cm³/mol. The number of rotatable bonds is 5. The summed E-state index contributed by atoms with van der Waals surface area (Å²) in [4.78, 5) is 18.7. The second-order valence-corrected chi connectivity index (χ2v) is 5.96. The van der Waals surface area contributed by atoms with E-state index in [2.05, 4.69) is 9.88 Å². The molecule has 1 fully saturated rings. The van der Waals surface area contributed by atoms with Crippen molar-refractivity contribution < 1.29 is 22.7 Å². The zero-order chi connectivity index (χ0) is 17.7. The first-order valence-electron chi connectivity index (χ1n) is 7.88. The third-order valence-corrected chi connectivity index (χ3v) is 4.23. The molecule has 2 heterocycles. The molecule has 2 rings (SSSR count). The average Bonchev–Trinajstić information content (AvgIpc) is 2.56. The Morgan fingerprint density at radius 2 is 2.12 bits per heavy atom. The fourth-order valence-electron chi connectivity index (χ4n) is 2.92. The molecule has 134 valence electrons. The first kappa shape index (κ1) is 18.7. The van der Waals surface area contributed by atoms with Crippen LogP contribution in [0.4, 0.5) is 18.9 Å². The molecule has 1 atom stereocenters. The Morgan fingerprint density at radius 1 is 1.46 bits per heavy atom. The van der Waals surface area contributed by atoms with Crippen LogP contribution < -0.4 is 4.90 Å². The lowest BCUT2D eigenvalue weighted by atomic mass is 10.0. The van der Waals surface area contributed by atoms with Gasteiger partial charge in [-0.15, -0.1) is 0 Å². The molecule has 0 bridgehead atoms. The zero-order valence-electron chi connectivity index (χ0n) is 13.8. The number of carbonyl (C=O) groups excluding carboxylic acids is 1. The van der Waals surface area contributed by atoms with Crippen LogP contribution >= 0.6 is 0 Å². The second-order valence-electron chi connectivity index (χ2n) is 5.96. The number of hydrogen-bond acceptors (Lipinski definition) is 4.